The molecule has 2 saturated heterocycles. The standard InChI is InChI=1S/C17H29N3O3/c1-18-16(21)15-12-20(9-10-23-15)17(22)13-7-8-19(11-13)14-5-3-2-4-6-14/h13-15H,2-12H2,1H3,(H,18,21). The van der Waals surface area contributed by atoms with Gasteiger partial charge in [0.25, 0.3) is 5.91 Å². The lowest BCUT2D eigenvalue weighted by Gasteiger charge is -2.34. The van der Waals surface area contributed by atoms with E-state index in [0.29, 0.717) is 25.7 Å². The Hall–Kier alpha value is -1.14. The zero-order valence-electron chi connectivity index (χ0n) is 14.1. The van der Waals surface area contributed by atoms with Crippen LogP contribution in [0, 0.1) is 5.92 Å². The van der Waals surface area contributed by atoms with Crippen molar-refractivity contribution >= 4 is 11.8 Å². The van der Waals surface area contributed by atoms with Gasteiger partial charge >= 0.3 is 0 Å². The van der Waals surface area contributed by atoms with Gasteiger partial charge in [0, 0.05) is 26.2 Å². The molecule has 130 valence electrons. The summed E-state index contributed by atoms with van der Waals surface area (Å²) < 4.78 is 5.47. The summed E-state index contributed by atoms with van der Waals surface area (Å²) in [5.41, 5.74) is 0. The summed E-state index contributed by atoms with van der Waals surface area (Å²) in [5.74, 6) is 0.165. The number of carbonyl (C=O) groups excluding carboxylic acids is 2. The third kappa shape index (κ3) is 3.86. The van der Waals surface area contributed by atoms with Gasteiger partial charge in [-0.05, 0) is 25.8 Å². The van der Waals surface area contributed by atoms with E-state index in [9.17, 15) is 9.59 Å². The maximum Gasteiger partial charge on any atom is 0.250 e. The minimum Gasteiger partial charge on any atom is -0.365 e. The van der Waals surface area contributed by atoms with E-state index < -0.39 is 6.10 Å². The molecule has 23 heavy (non-hydrogen) atoms. The van der Waals surface area contributed by atoms with Crippen LogP contribution in [0.25, 0.3) is 0 Å². The van der Waals surface area contributed by atoms with Gasteiger partial charge in [-0.15, -0.1) is 0 Å². The van der Waals surface area contributed by atoms with Crippen molar-refractivity contribution in [3.8, 4) is 0 Å². The van der Waals surface area contributed by atoms with Crippen molar-refractivity contribution in [3.05, 3.63) is 0 Å². The molecule has 3 rings (SSSR count). The molecule has 1 saturated carbocycles. The molecular formula is C17H29N3O3. The van der Waals surface area contributed by atoms with Gasteiger partial charge in [-0.3, -0.25) is 14.5 Å². The zero-order chi connectivity index (χ0) is 16.2. The molecule has 0 spiro atoms. The SMILES string of the molecule is CNC(=O)C1CN(C(=O)C2CCN(C3CCCCC3)C2)CCO1. The number of hydrogen-bond acceptors (Lipinski definition) is 4. The first-order valence-corrected chi connectivity index (χ1v) is 9.05. The third-order valence-electron chi connectivity index (χ3n) is 5.58. The number of nitrogens with one attached hydrogen (secondary N) is 1. The number of carbonyl (C=O) groups is 2. The minimum atomic E-state index is -0.520. The van der Waals surface area contributed by atoms with Gasteiger partial charge in [0.05, 0.1) is 19.1 Å². The predicted octanol–water partition coefficient (Wildman–Crippen LogP) is 0.614. The van der Waals surface area contributed by atoms with Gasteiger partial charge in [0.2, 0.25) is 5.91 Å². The Morgan fingerprint density at radius 3 is 2.57 bits per heavy atom. The van der Waals surface area contributed by atoms with E-state index in [2.05, 4.69) is 10.2 Å². The van der Waals surface area contributed by atoms with Crippen molar-refractivity contribution in [1.82, 2.24) is 15.1 Å². The Bertz CT molecular complexity index is 437. The molecular weight excluding hydrogens is 294 g/mol. The molecule has 2 amide bonds. The van der Waals surface area contributed by atoms with Crippen LogP contribution in [-0.4, -0.2) is 73.6 Å². The summed E-state index contributed by atoms with van der Waals surface area (Å²) in [5, 5.41) is 2.60. The van der Waals surface area contributed by atoms with E-state index in [1.165, 1.54) is 32.1 Å². The maximum atomic E-state index is 12.8. The first kappa shape index (κ1) is 16.7. The van der Waals surface area contributed by atoms with Crippen LogP contribution in [0.4, 0.5) is 0 Å². The highest BCUT2D eigenvalue weighted by atomic mass is 16.5. The van der Waals surface area contributed by atoms with Crippen molar-refractivity contribution in [2.45, 2.75) is 50.7 Å². The third-order valence-corrected chi connectivity index (χ3v) is 5.58. The number of likely N-dealkylation sites (N-methyl/N-ethyl adjacent to an activating group) is 1. The van der Waals surface area contributed by atoms with Crippen LogP contribution in [-0.2, 0) is 14.3 Å². The van der Waals surface area contributed by atoms with Gasteiger partial charge in [0.15, 0.2) is 6.10 Å². The Morgan fingerprint density at radius 2 is 1.83 bits per heavy atom. The topological polar surface area (TPSA) is 61.9 Å². The summed E-state index contributed by atoms with van der Waals surface area (Å²) in [4.78, 5) is 28.9. The molecule has 6 heteroatoms. The Labute approximate surface area is 138 Å². The van der Waals surface area contributed by atoms with Crippen molar-refractivity contribution in [1.29, 1.82) is 0 Å². The molecule has 0 aromatic heterocycles. The molecule has 3 aliphatic rings. The number of amides is 2. The van der Waals surface area contributed by atoms with Crippen LogP contribution >= 0.6 is 0 Å². The fraction of sp³-hybridized carbons (Fsp3) is 0.882. The Balaban J connectivity index is 1.53. The monoisotopic (exact) mass is 323 g/mol. The molecule has 1 aliphatic carbocycles. The van der Waals surface area contributed by atoms with E-state index >= 15 is 0 Å². The Kier molecular flexibility index (Phi) is 5.54. The Morgan fingerprint density at radius 1 is 1.04 bits per heavy atom. The average Bonchev–Trinajstić information content (AvgIpc) is 3.11. The quantitative estimate of drug-likeness (QED) is 0.827. The molecule has 0 radical (unpaired) electrons. The molecule has 6 nitrogen and oxygen atoms in total. The summed E-state index contributed by atoms with van der Waals surface area (Å²) in [6.45, 7) is 3.38. The lowest BCUT2D eigenvalue weighted by Crippen LogP contribution is -2.52. The zero-order valence-corrected chi connectivity index (χ0v) is 14.1. The van der Waals surface area contributed by atoms with Gasteiger partial charge in [-0.2, -0.15) is 0 Å². The van der Waals surface area contributed by atoms with Crippen LogP contribution in [0.5, 0.6) is 0 Å². The normalized spacial score (nSPS) is 30.4. The average molecular weight is 323 g/mol. The van der Waals surface area contributed by atoms with E-state index in [-0.39, 0.29) is 17.7 Å². The van der Waals surface area contributed by atoms with Crippen molar-refractivity contribution in [2.75, 3.05) is 39.8 Å². The predicted molar refractivity (Wildman–Crippen MR) is 86.9 cm³/mol. The smallest absolute Gasteiger partial charge is 0.250 e. The van der Waals surface area contributed by atoms with Crippen molar-refractivity contribution in [2.24, 2.45) is 5.92 Å². The molecule has 1 N–H and O–H groups in total. The number of likely N-dealkylation sites (tertiary alicyclic amines) is 1. The molecule has 2 atom stereocenters. The molecule has 2 aliphatic heterocycles. The fourth-order valence-corrected chi connectivity index (χ4v) is 4.19. The van der Waals surface area contributed by atoms with Crippen molar-refractivity contribution in [3.63, 3.8) is 0 Å². The first-order valence-electron chi connectivity index (χ1n) is 9.05. The largest absolute Gasteiger partial charge is 0.365 e. The second kappa shape index (κ2) is 7.62. The number of rotatable bonds is 3. The lowest BCUT2D eigenvalue weighted by molar-refractivity contribution is -0.149. The summed E-state index contributed by atoms with van der Waals surface area (Å²) in [7, 11) is 1.60. The van der Waals surface area contributed by atoms with E-state index in [4.69, 9.17) is 4.74 Å². The molecule has 0 aromatic rings. The maximum absolute atomic E-state index is 12.8. The van der Waals surface area contributed by atoms with E-state index in [1.54, 1.807) is 7.05 Å². The highest BCUT2D eigenvalue weighted by molar-refractivity contribution is 5.83. The van der Waals surface area contributed by atoms with Gasteiger partial charge in [0.1, 0.15) is 0 Å². The number of morpholine rings is 1. The second-order valence-electron chi connectivity index (χ2n) is 7.03. The van der Waals surface area contributed by atoms with Crippen LogP contribution in [0.15, 0.2) is 0 Å². The lowest BCUT2D eigenvalue weighted by atomic mass is 9.94. The van der Waals surface area contributed by atoms with Crippen LogP contribution in [0.1, 0.15) is 38.5 Å². The fourth-order valence-electron chi connectivity index (χ4n) is 4.19. The van der Waals surface area contributed by atoms with Gasteiger partial charge in [-0.25, -0.2) is 0 Å². The highest BCUT2D eigenvalue weighted by Crippen LogP contribution is 2.28. The number of ether oxygens (including phenoxy) is 1. The van der Waals surface area contributed by atoms with Crippen molar-refractivity contribution < 1.29 is 14.3 Å². The molecule has 0 bridgehead atoms. The summed E-state index contributed by atoms with van der Waals surface area (Å²) in [6.07, 6.45) is 7.04. The highest BCUT2D eigenvalue weighted by Gasteiger charge is 2.37. The molecule has 0 aromatic carbocycles. The van der Waals surface area contributed by atoms with E-state index in [0.717, 1.165) is 19.5 Å². The van der Waals surface area contributed by atoms with Crippen LogP contribution in [0.3, 0.4) is 0 Å². The van der Waals surface area contributed by atoms with Crippen LogP contribution in [0.2, 0.25) is 0 Å². The second-order valence-corrected chi connectivity index (χ2v) is 7.03. The molecule has 3 fully saturated rings. The summed E-state index contributed by atoms with van der Waals surface area (Å²) in [6, 6.07) is 0.685. The molecule has 2 heterocycles. The number of nitrogens with zero attached hydrogens (tertiary/aromatic N) is 2. The van der Waals surface area contributed by atoms with E-state index in [1.807, 2.05) is 4.90 Å². The minimum absolute atomic E-state index is 0.0976. The summed E-state index contributed by atoms with van der Waals surface area (Å²) >= 11 is 0. The van der Waals surface area contributed by atoms with Gasteiger partial charge < -0.3 is 15.0 Å². The molecule has 2 unspecified atom stereocenters. The number of hydrogen-bond donors (Lipinski definition) is 1. The van der Waals surface area contributed by atoms with Gasteiger partial charge in [-0.1, -0.05) is 19.3 Å². The van der Waals surface area contributed by atoms with Crippen LogP contribution < -0.4 is 5.32 Å². The first-order chi connectivity index (χ1) is 11.2.